The third-order valence-electron chi connectivity index (χ3n) is 8.64. The molecular formula is C29H33F2N3O2. The highest BCUT2D eigenvalue weighted by atomic mass is 19.1. The molecule has 3 aliphatic rings. The molecule has 190 valence electrons. The maximum atomic E-state index is 14.6. The van der Waals surface area contributed by atoms with Gasteiger partial charge in [-0.25, -0.2) is 8.78 Å². The molecule has 1 saturated heterocycles. The topological polar surface area (TPSA) is 49.6 Å². The Morgan fingerprint density at radius 2 is 1.83 bits per heavy atom. The van der Waals surface area contributed by atoms with Crippen LogP contribution in [0.15, 0.2) is 40.9 Å². The van der Waals surface area contributed by atoms with Gasteiger partial charge in [0.25, 0.3) is 0 Å². The lowest BCUT2D eigenvalue weighted by atomic mass is 9.88. The molecule has 2 aromatic carbocycles. The van der Waals surface area contributed by atoms with Crippen molar-refractivity contribution in [3.8, 4) is 0 Å². The number of benzene rings is 2. The van der Waals surface area contributed by atoms with Gasteiger partial charge in [-0.2, -0.15) is 0 Å². The van der Waals surface area contributed by atoms with Gasteiger partial charge in [-0.1, -0.05) is 30.1 Å². The summed E-state index contributed by atoms with van der Waals surface area (Å²) in [5.41, 5.74) is 3.20. The van der Waals surface area contributed by atoms with Crippen molar-refractivity contribution in [1.29, 1.82) is 0 Å². The highest BCUT2D eigenvalue weighted by Gasteiger charge is 2.36. The van der Waals surface area contributed by atoms with E-state index < -0.39 is 0 Å². The van der Waals surface area contributed by atoms with E-state index >= 15 is 0 Å². The van der Waals surface area contributed by atoms with Crippen LogP contribution in [0.2, 0.25) is 0 Å². The Labute approximate surface area is 210 Å². The zero-order valence-electron chi connectivity index (χ0n) is 20.6. The van der Waals surface area contributed by atoms with Gasteiger partial charge in [0.05, 0.1) is 11.7 Å². The summed E-state index contributed by atoms with van der Waals surface area (Å²) in [6.45, 7) is 3.33. The van der Waals surface area contributed by atoms with Crippen molar-refractivity contribution in [3.05, 3.63) is 64.9 Å². The van der Waals surface area contributed by atoms with E-state index in [2.05, 4.69) is 15.0 Å². The van der Waals surface area contributed by atoms with E-state index in [1.807, 2.05) is 6.07 Å². The minimum absolute atomic E-state index is 0.0651. The average Bonchev–Trinajstić information content (AvgIpc) is 3.58. The average molecular weight is 494 g/mol. The summed E-state index contributed by atoms with van der Waals surface area (Å²) in [4.78, 5) is 17.9. The van der Waals surface area contributed by atoms with E-state index in [1.165, 1.54) is 18.2 Å². The van der Waals surface area contributed by atoms with Crippen LogP contribution in [0.3, 0.4) is 0 Å². The lowest BCUT2D eigenvalue weighted by molar-refractivity contribution is -0.138. The number of hydrogen-bond acceptors (Lipinski definition) is 4. The molecule has 2 fully saturated rings. The summed E-state index contributed by atoms with van der Waals surface area (Å²) in [6.07, 6.45) is 7.54. The largest absolute Gasteiger partial charge is 0.356 e. The highest BCUT2D eigenvalue weighted by molar-refractivity contribution is 5.80. The number of aromatic nitrogens is 1. The molecule has 1 aliphatic carbocycles. The number of rotatable bonds is 5. The van der Waals surface area contributed by atoms with Gasteiger partial charge in [0.1, 0.15) is 11.6 Å². The lowest BCUT2D eigenvalue weighted by Gasteiger charge is -2.40. The second-order valence-corrected chi connectivity index (χ2v) is 10.7. The summed E-state index contributed by atoms with van der Waals surface area (Å²) >= 11 is 0. The van der Waals surface area contributed by atoms with Crippen LogP contribution in [0, 0.1) is 17.6 Å². The van der Waals surface area contributed by atoms with Crippen molar-refractivity contribution in [2.45, 2.75) is 63.3 Å². The Balaban J connectivity index is 1.13. The van der Waals surface area contributed by atoms with Crippen LogP contribution in [-0.2, 0) is 11.2 Å². The van der Waals surface area contributed by atoms with E-state index in [-0.39, 0.29) is 35.4 Å². The van der Waals surface area contributed by atoms with Crippen molar-refractivity contribution < 1.29 is 18.1 Å². The first-order valence-corrected chi connectivity index (χ1v) is 13.4. The van der Waals surface area contributed by atoms with Crippen molar-refractivity contribution in [2.75, 3.05) is 26.2 Å². The second-order valence-electron chi connectivity index (χ2n) is 10.7. The van der Waals surface area contributed by atoms with Gasteiger partial charge in [-0.15, -0.1) is 0 Å². The molecule has 1 amide bonds. The first-order valence-electron chi connectivity index (χ1n) is 13.4. The van der Waals surface area contributed by atoms with Gasteiger partial charge in [0, 0.05) is 36.4 Å². The van der Waals surface area contributed by atoms with Crippen molar-refractivity contribution >= 4 is 16.9 Å². The predicted molar refractivity (Wildman–Crippen MR) is 134 cm³/mol. The molecule has 0 N–H and O–H groups in total. The molecule has 3 aromatic rings. The molecule has 3 heterocycles. The van der Waals surface area contributed by atoms with Gasteiger partial charge >= 0.3 is 0 Å². The SMILES string of the molecule is O=C(C1CCCC1)N1CCc2c(F)cccc2C1CCN1CCC(c2noc3cc(F)ccc23)CC1. The van der Waals surface area contributed by atoms with Crippen LogP contribution in [0.1, 0.15) is 73.7 Å². The van der Waals surface area contributed by atoms with Crippen molar-refractivity contribution in [2.24, 2.45) is 5.92 Å². The molecule has 1 unspecified atom stereocenters. The van der Waals surface area contributed by atoms with Crippen LogP contribution in [0.4, 0.5) is 8.78 Å². The summed E-state index contributed by atoms with van der Waals surface area (Å²) in [5, 5.41) is 5.16. The Morgan fingerprint density at radius 3 is 2.64 bits per heavy atom. The van der Waals surface area contributed by atoms with Crippen LogP contribution in [-0.4, -0.2) is 47.0 Å². The molecule has 1 saturated carbocycles. The Kier molecular flexibility index (Phi) is 6.50. The third kappa shape index (κ3) is 4.42. The normalized spacial score (nSPS) is 21.8. The fraction of sp³-hybridized carbons (Fsp3) is 0.517. The number of carbonyl (C=O) groups excluding carboxylic acids is 1. The fourth-order valence-electron chi connectivity index (χ4n) is 6.65. The lowest BCUT2D eigenvalue weighted by Crippen LogP contribution is -2.44. The standard InChI is InChI=1S/C29H33F2N3O2/c30-21-8-9-24-27(18-21)36-32-28(24)19-10-14-33(15-11-19)16-13-26-23-6-3-7-25(31)22(23)12-17-34(26)29(35)20-4-1-2-5-20/h3,6-9,18-20,26H,1-2,4-5,10-17H2. The molecule has 1 aromatic heterocycles. The number of fused-ring (bicyclic) bond motifs is 2. The van der Waals surface area contributed by atoms with Gasteiger partial charge in [0.2, 0.25) is 5.91 Å². The number of piperidine rings is 1. The van der Waals surface area contributed by atoms with Gasteiger partial charge in [-0.3, -0.25) is 4.79 Å². The Bertz CT molecular complexity index is 1240. The summed E-state index contributed by atoms with van der Waals surface area (Å²) in [7, 11) is 0. The van der Waals surface area contributed by atoms with Crippen molar-refractivity contribution in [1.82, 2.24) is 15.0 Å². The zero-order chi connectivity index (χ0) is 24.6. The minimum Gasteiger partial charge on any atom is -0.356 e. The van der Waals surface area contributed by atoms with Gasteiger partial charge in [-0.05, 0) is 80.9 Å². The quantitative estimate of drug-likeness (QED) is 0.438. The van der Waals surface area contributed by atoms with E-state index in [0.717, 1.165) is 86.8 Å². The molecule has 0 spiro atoms. The third-order valence-corrected chi connectivity index (χ3v) is 8.64. The van der Waals surface area contributed by atoms with Crippen LogP contribution in [0.25, 0.3) is 11.0 Å². The molecule has 5 nitrogen and oxygen atoms in total. The Hall–Kier alpha value is -2.80. The summed E-state index contributed by atoms with van der Waals surface area (Å²) < 4.78 is 33.5. The summed E-state index contributed by atoms with van der Waals surface area (Å²) in [5.74, 6) is 0.220. The zero-order valence-corrected chi connectivity index (χ0v) is 20.6. The number of halogens is 2. The van der Waals surface area contributed by atoms with E-state index in [4.69, 9.17) is 4.52 Å². The molecular weight excluding hydrogens is 460 g/mol. The predicted octanol–water partition coefficient (Wildman–Crippen LogP) is 5.99. The van der Waals surface area contributed by atoms with Gasteiger partial charge < -0.3 is 14.3 Å². The Morgan fingerprint density at radius 1 is 1.03 bits per heavy atom. The monoisotopic (exact) mass is 493 g/mol. The van der Waals surface area contributed by atoms with Crippen LogP contribution >= 0.6 is 0 Å². The highest BCUT2D eigenvalue weighted by Crippen LogP contribution is 2.38. The van der Waals surface area contributed by atoms with E-state index in [0.29, 0.717) is 18.5 Å². The summed E-state index contributed by atoms with van der Waals surface area (Å²) in [6, 6.07) is 9.89. The molecule has 2 aliphatic heterocycles. The molecule has 1 atom stereocenters. The number of likely N-dealkylation sites (tertiary alicyclic amines) is 1. The first-order chi connectivity index (χ1) is 17.6. The van der Waals surface area contributed by atoms with Crippen LogP contribution < -0.4 is 0 Å². The molecule has 36 heavy (non-hydrogen) atoms. The maximum absolute atomic E-state index is 14.6. The molecule has 0 bridgehead atoms. The number of carbonyl (C=O) groups is 1. The molecule has 6 rings (SSSR count). The second kappa shape index (κ2) is 9.92. The smallest absolute Gasteiger partial charge is 0.226 e. The number of nitrogens with zero attached hydrogens (tertiary/aromatic N) is 3. The van der Waals surface area contributed by atoms with E-state index in [9.17, 15) is 13.6 Å². The van der Waals surface area contributed by atoms with Gasteiger partial charge in [0.15, 0.2) is 5.58 Å². The number of hydrogen-bond donors (Lipinski definition) is 0. The first kappa shape index (κ1) is 23.6. The minimum atomic E-state index is -0.315. The molecule has 0 radical (unpaired) electrons. The van der Waals surface area contributed by atoms with E-state index in [1.54, 1.807) is 12.1 Å². The fourth-order valence-corrected chi connectivity index (χ4v) is 6.65. The van der Waals surface area contributed by atoms with Crippen LogP contribution in [0.5, 0.6) is 0 Å². The number of amides is 1. The maximum Gasteiger partial charge on any atom is 0.226 e. The molecule has 7 heteroatoms. The van der Waals surface area contributed by atoms with Crippen molar-refractivity contribution in [3.63, 3.8) is 0 Å².